The lowest BCUT2D eigenvalue weighted by Crippen LogP contribution is -2.29. The van der Waals surface area contributed by atoms with Crippen LogP contribution in [0.25, 0.3) is 0 Å². The Balaban J connectivity index is 1.85. The van der Waals surface area contributed by atoms with Crippen LogP contribution in [0.15, 0.2) is 12.1 Å². The summed E-state index contributed by atoms with van der Waals surface area (Å²) < 4.78 is 5.94. The van der Waals surface area contributed by atoms with Crippen molar-refractivity contribution in [3.63, 3.8) is 0 Å². The van der Waals surface area contributed by atoms with E-state index in [9.17, 15) is 0 Å². The fourth-order valence-corrected chi connectivity index (χ4v) is 2.53. The fraction of sp³-hybridized carbons (Fsp3) is 0.733. The molecule has 19 heavy (non-hydrogen) atoms. The number of hydrogen-bond donors (Lipinski definition) is 1. The molecule has 1 heterocycles. The van der Waals surface area contributed by atoms with Crippen molar-refractivity contribution < 1.29 is 4.74 Å². The Kier molecular flexibility index (Phi) is 5.14. The number of rotatable bonds is 5. The first-order chi connectivity index (χ1) is 9.19. The largest absolute Gasteiger partial charge is 0.473 e. The molecular formula is C15H25N3O. The fourth-order valence-electron chi connectivity index (χ4n) is 2.53. The van der Waals surface area contributed by atoms with Gasteiger partial charge in [-0.05, 0) is 43.7 Å². The summed E-state index contributed by atoms with van der Waals surface area (Å²) in [5.41, 5.74) is 0.958. The first kappa shape index (κ1) is 14.3. The van der Waals surface area contributed by atoms with Gasteiger partial charge in [0, 0.05) is 12.6 Å². The highest BCUT2D eigenvalue weighted by molar-refractivity contribution is 5.11. The highest BCUT2D eigenvalue weighted by Gasteiger charge is 2.25. The molecule has 1 aliphatic rings. The van der Waals surface area contributed by atoms with Gasteiger partial charge < -0.3 is 10.1 Å². The van der Waals surface area contributed by atoms with Gasteiger partial charge in [-0.1, -0.05) is 20.8 Å². The predicted octanol–water partition coefficient (Wildman–Crippen LogP) is 2.79. The molecule has 0 amide bonds. The average Bonchev–Trinajstić information content (AvgIpc) is 2.42. The van der Waals surface area contributed by atoms with E-state index in [1.54, 1.807) is 0 Å². The molecule has 0 radical (unpaired) electrons. The molecule has 2 rings (SSSR count). The van der Waals surface area contributed by atoms with E-state index >= 15 is 0 Å². The number of nitrogens with zero attached hydrogens (tertiary/aromatic N) is 2. The predicted molar refractivity (Wildman–Crippen MR) is 76.0 cm³/mol. The Morgan fingerprint density at radius 1 is 1.21 bits per heavy atom. The van der Waals surface area contributed by atoms with Gasteiger partial charge >= 0.3 is 0 Å². The third kappa shape index (κ3) is 4.16. The number of aromatic nitrogens is 2. The molecule has 0 bridgehead atoms. The van der Waals surface area contributed by atoms with Crippen molar-refractivity contribution in [1.29, 1.82) is 0 Å². The van der Waals surface area contributed by atoms with Gasteiger partial charge in [0.2, 0.25) is 5.88 Å². The van der Waals surface area contributed by atoms with Crippen LogP contribution >= 0.6 is 0 Å². The van der Waals surface area contributed by atoms with Gasteiger partial charge in [0.15, 0.2) is 0 Å². The first-order valence-electron chi connectivity index (χ1n) is 7.39. The lowest BCUT2D eigenvalue weighted by Gasteiger charge is -2.31. The average molecular weight is 263 g/mol. The normalized spacial score (nSPS) is 27.2. The van der Waals surface area contributed by atoms with Crippen LogP contribution in [0.4, 0.5) is 0 Å². The first-order valence-corrected chi connectivity index (χ1v) is 7.39. The SMILES string of the molecule is CCNCc1ccc(OC2CCC(C)C(C)C2)nn1. The van der Waals surface area contributed by atoms with Gasteiger partial charge in [-0.2, -0.15) is 5.10 Å². The summed E-state index contributed by atoms with van der Waals surface area (Å²) in [5.74, 6) is 2.21. The van der Waals surface area contributed by atoms with Gasteiger partial charge in [0.05, 0.1) is 5.69 Å². The van der Waals surface area contributed by atoms with Crippen molar-refractivity contribution in [2.45, 2.75) is 52.7 Å². The maximum Gasteiger partial charge on any atom is 0.233 e. The quantitative estimate of drug-likeness (QED) is 0.887. The molecule has 3 atom stereocenters. The van der Waals surface area contributed by atoms with Crippen LogP contribution in [0, 0.1) is 11.8 Å². The zero-order valence-electron chi connectivity index (χ0n) is 12.2. The second-order valence-electron chi connectivity index (χ2n) is 5.65. The van der Waals surface area contributed by atoms with E-state index in [2.05, 4.69) is 36.3 Å². The van der Waals surface area contributed by atoms with Crippen molar-refractivity contribution in [1.82, 2.24) is 15.5 Å². The van der Waals surface area contributed by atoms with E-state index in [4.69, 9.17) is 4.74 Å². The van der Waals surface area contributed by atoms with Gasteiger partial charge in [-0.15, -0.1) is 5.10 Å². The number of ether oxygens (including phenoxy) is 1. The van der Waals surface area contributed by atoms with Crippen LogP contribution in [0.1, 0.15) is 45.7 Å². The van der Waals surface area contributed by atoms with Crippen molar-refractivity contribution >= 4 is 0 Å². The lowest BCUT2D eigenvalue weighted by molar-refractivity contribution is 0.0954. The van der Waals surface area contributed by atoms with Crippen LogP contribution < -0.4 is 10.1 Å². The molecule has 3 unspecified atom stereocenters. The lowest BCUT2D eigenvalue weighted by atomic mass is 9.80. The number of hydrogen-bond acceptors (Lipinski definition) is 4. The van der Waals surface area contributed by atoms with E-state index in [1.165, 1.54) is 6.42 Å². The number of nitrogens with one attached hydrogen (secondary N) is 1. The smallest absolute Gasteiger partial charge is 0.233 e. The summed E-state index contributed by atoms with van der Waals surface area (Å²) in [7, 11) is 0. The van der Waals surface area contributed by atoms with Crippen molar-refractivity contribution in [3.05, 3.63) is 17.8 Å². The Labute approximate surface area is 116 Å². The molecule has 0 aromatic carbocycles. The summed E-state index contributed by atoms with van der Waals surface area (Å²) in [6.07, 6.45) is 3.81. The highest BCUT2D eigenvalue weighted by Crippen LogP contribution is 2.31. The van der Waals surface area contributed by atoms with E-state index in [1.807, 2.05) is 12.1 Å². The third-order valence-electron chi connectivity index (χ3n) is 4.09. The Bertz CT molecular complexity index is 379. The molecule has 1 fully saturated rings. The molecule has 0 spiro atoms. The molecule has 4 heteroatoms. The van der Waals surface area contributed by atoms with E-state index < -0.39 is 0 Å². The molecule has 1 saturated carbocycles. The minimum atomic E-state index is 0.306. The van der Waals surface area contributed by atoms with Crippen LogP contribution in [0.5, 0.6) is 5.88 Å². The van der Waals surface area contributed by atoms with Gasteiger partial charge in [-0.3, -0.25) is 0 Å². The minimum Gasteiger partial charge on any atom is -0.473 e. The zero-order chi connectivity index (χ0) is 13.7. The second kappa shape index (κ2) is 6.85. The highest BCUT2D eigenvalue weighted by atomic mass is 16.5. The third-order valence-corrected chi connectivity index (χ3v) is 4.09. The molecule has 1 aromatic heterocycles. The van der Waals surface area contributed by atoms with Crippen LogP contribution in [0.2, 0.25) is 0 Å². The summed E-state index contributed by atoms with van der Waals surface area (Å²) in [5, 5.41) is 11.6. The summed E-state index contributed by atoms with van der Waals surface area (Å²) >= 11 is 0. The summed E-state index contributed by atoms with van der Waals surface area (Å²) in [4.78, 5) is 0. The zero-order valence-corrected chi connectivity index (χ0v) is 12.2. The van der Waals surface area contributed by atoms with Gasteiger partial charge in [0.25, 0.3) is 0 Å². The Morgan fingerprint density at radius 2 is 2.05 bits per heavy atom. The van der Waals surface area contributed by atoms with E-state index in [0.717, 1.165) is 43.5 Å². The molecule has 0 aliphatic heterocycles. The molecule has 4 nitrogen and oxygen atoms in total. The maximum atomic E-state index is 5.94. The van der Waals surface area contributed by atoms with E-state index in [-0.39, 0.29) is 0 Å². The minimum absolute atomic E-state index is 0.306. The molecule has 1 aliphatic carbocycles. The Hall–Kier alpha value is -1.16. The maximum absolute atomic E-state index is 5.94. The van der Waals surface area contributed by atoms with Crippen molar-refractivity contribution in [2.75, 3.05) is 6.54 Å². The molecule has 0 saturated heterocycles. The topological polar surface area (TPSA) is 47.0 Å². The van der Waals surface area contributed by atoms with Crippen LogP contribution in [0.3, 0.4) is 0 Å². The van der Waals surface area contributed by atoms with Crippen LogP contribution in [-0.2, 0) is 6.54 Å². The molecule has 1 aromatic rings. The standard InChI is InChI=1S/C15H25N3O/c1-4-16-10-13-6-8-15(18-17-13)19-14-7-5-11(2)12(3)9-14/h6,8,11-12,14,16H,4-5,7,9-10H2,1-3H3. The molecular weight excluding hydrogens is 238 g/mol. The monoisotopic (exact) mass is 263 g/mol. The second-order valence-corrected chi connectivity index (χ2v) is 5.65. The van der Waals surface area contributed by atoms with Crippen molar-refractivity contribution in [2.24, 2.45) is 11.8 Å². The van der Waals surface area contributed by atoms with Crippen LogP contribution in [-0.4, -0.2) is 22.8 Å². The van der Waals surface area contributed by atoms with E-state index in [0.29, 0.717) is 12.0 Å². The van der Waals surface area contributed by atoms with Crippen molar-refractivity contribution in [3.8, 4) is 5.88 Å². The summed E-state index contributed by atoms with van der Waals surface area (Å²) in [6, 6.07) is 3.92. The van der Waals surface area contributed by atoms with Gasteiger partial charge in [-0.25, -0.2) is 0 Å². The van der Waals surface area contributed by atoms with Gasteiger partial charge in [0.1, 0.15) is 6.10 Å². The Morgan fingerprint density at radius 3 is 2.68 bits per heavy atom. The molecule has 1 N–H and O–H groups in total. The molecule has 106 valence electrons. The summed E-state index contributed by atoms with van der Waals surface area (Å²) in [6.45, 7) is 8.43.